The minimum atomic E-state index is 0.868. The second-order valence-corrected chi connectivity index (χ2v) is 7.92. The van der Waals surface area contributed by atoms with Crippen LogP contribution in [-0.4, -0.2) is 0 Å². The zero-order valence-electron chi connectivity index (χ0n) is 12.2. The highest BCUT2D eigenvalue weighted by Crippen LogP contribution is 2.48. The summed E-state index contributed by atoms with van der Waals surface area (Å²) in [5.41, 5.74) is 5.77. The molecular formula is C20H8Br2O2. The molecule has 0 aliphatic carbocycles. The van der Waals surface area contributed by atoms with Gasteiger partial charge in [-0.1, -0.05) is 44.0 Å². The molecule has 0 atom stereocenters. The maximum atomic E-state index is 6.25. The second kappa shape index (κ2) is 4.32. The fourth-order valence-corrected chi connectivity index (χ4v) is 4.72. The number of hydrogen-bond donors (Lipinski definition) is 0. The van der Waals surface area contributed by atoms with Crippen molar-refractivity contribution >= 4 is 75.7 Å². The lowest BCUT2D eigenvalue weighted by molar-refractivity contribution is 0.646. The smallest absolute Gasteiger partial charge is 0.137 e. The molecule has 4 aromatic rings. The van der Waals surface area contributed by atoms with Crippen molar-refractivity contribution < 1.29 is 8.83 Å². The van der Waals surface area contributed by atoms with Gasteiger partial charge in [-0.2, -0.15) is 0 Å². The molecule has 0 aromatic heterocycles. The first-order chi connectivity index (χ1) is 11.7. The number of halogens is 2. The summed E-state index contributed by atoms with van der Waals surface area (Å²) in [5.74, 6) is 0. The van der Waals surface area contributed by atoms with Gasteiger partial charge in [0.1, 0.15) is 22.3 Å². The molecule has 6 rings (SSSR count). The topological polar surface area (TPSA) is 26.3 Å². The molecule has 114 valence electrons. The first kappa shape index (κ1) is 13.3. The van der Waals surface area contributed by atoms with Gasteiger partial charge in [0, 0.05) is 30.8 Å². The van der Waals surface area contributed by atoms with Gasteiger partial charge in [-0.15, -0.1) is 0 Å². The van der Waals surface area contributed by atoms with E-state index in [0.717, 1.165) is 63.9 Å². The van der Waals surface area contributed by atoms with Gasteiger partial charge < -0.3 is 8.83 Å². The first-order valence-corrected chi connectivity index (χ1v) is 9.16. The van der Waals surface area contributed by atoms with E-state index in [1.807, 2.05) is 24.3 Å². The summed E-state index contributed by atoms with van der Waals surface area (Å²) in [6.07, 6.45) is 0. The van der Waals surface area contributed by atoms with Crippen molar-refractivity contribution in [2.45, 2.75) is 0 Å². The zero-order valence-corrected chi connectivity index (χ0v) is 15.4. The molecular weight excluding hydrogens is 432 g/mol. The van der Waals surface area contributed by atoms with Gasteiger partial charge in [0.15, 0.2) is 0 Å². The van der Waals surface area contributed by atoms with Crippen LogP contribution in [0.3, 0.4) is 0 Å². The van der Waals surface area contributed by atoms with Crippen LogP contribution in [0.1, 0.15) is 0 Å². The van der Waals surface area contributed by atoms with Crippen LogP contribution in [0.25, 0.3) is 55.0 Å². The number of rotatable bonds is 0. The maximum Gasteiger partial charge on any atom is 0.137 e. The van der Waals surface area contributed by atoms with Crippen molar-refractivity contribution in [1.82, 2.24) is 0 Å². The fraction of sp³-hybridized carbons (Fsp3) is 0. The Labute approximate surface area is 152 Å². The molecule has 0 fully saturated rings. The van der Waals surface area contributed by atoms with Crippen LogP contribution < -0.4 is 0 Å². The lowest BCUT2D eigenvalue weighted by atomic mass is 9.90. The summed E-state index contributed by atoms with van der Waals surface area (Å²) >= 11 is 7.15. The summed E-state index contributed by atoms with van der Waals surface area (Å²) in [6.45, 7) is 0. The van der Waals surface area contributed by atoms with Crippen LogP contribution in [0.4, 0.5) is 0 Å². The molecule has 0 saturated heterocycles. The van der Waals surface area contributed by atoms with Gasteiger partial charge in [0.05, 0.1) is 0 Å². The molecule has 4 aromatic carbocycles. The summed E-state index contributed by atoms with van der Waals surface area (Å²) in [5, 5.41) is 4.52. The van der Waals surface area contributed by atoms with Crippen LogP contribution in [0.5, 0.6) is 0 Å². The third-order valence-corrected chi connectivity index (χ3v) is 5.62. The van der Waals surface area contributed by atoms with Crippen LogP contribution in [-0.2, 0) is 0 Å². The minimum absolute atomic E-state index is 0.868. The van der Waals surface area contributed by atoms with Crippen LogP contribution in [0.15, 0.2) is 66.3 Å². The van der Waals surface area contributed by atoms with E-state index in [2.05, 4.69) is 56.1 Å². The van der Waals surface area contributed by atoms with Gasteiger partial charge >= 0.3 is 0 Å². The Kier molecular flexibility index (Phi) is 2.39. The highest BCUT2D eigenvalue weighted by molar-refractivity contribution is 9.10. The quantitative estimate of drug-likeness (QED) is 0.180. The molecule has 2 nitrogen and oxygen atoms in total. The lowest BCUT2D eigenvalue weighted by Crippen LogP contribution is -1.94. The number of benzene rings is 4. The SMILES string of the molecule is Brc1cc2ccc3oc4cc(Br)cc5ccc6oc(c1)c2c3-c6c54. The van der Waals surface area contributed by atoms with Crippen molar-refractivity contribution in [2.24, 2.45) is 0 Å². The van der Waals surface area contributed by atoms with E-state index in [0.29, 0.717) is 0 Å². The molecule has 0 saturated carbocycles. The maximum absolute atomic E-state index is 6.25. The van der Waals surface area contributed by atoms with Gasteiger partial charge in [0.25, 0.3) is 0 Å². The predicted molar refractivity (Wildman–Crippen MR) is 104 cm³/mol. The van der Waals surface area contributed by atoms with Crippen molar-refractivity contribution in [1.29, 1.82) is 0 Å². The third-order valence-electron chi connectivity index (χ3n) is 4.71. The van der Waals surface area contributed by atoms with E-state index in [4.69, 9.17) is 8.83 Å². The van der Waals surface area contributed by atoms with E-state index in [1.54, 1.807) is 0 Å². The average molecular weight is 440 g/mol. The molecule has 2 aliphatic heterocycles. The molecule has 0 radical (unpaired) electrons. The summed E-state index contributed by atoms with van der Waals surface area (Å²) in [4.78, 5) is 0. The molecule has 0 bridgehead atoms. The average Bonchev–Trinajstić information content (AvgIpc) is 2.56. The predicted octanol–water partition coefficient (Wildman–Crippen LogP) is 7.55. The van der Waals surface area contributed by atoms with Gasteiger partial charge in [-0.05, 0) is 47.2 Å². The van der Waals surface area contributed by atoms with Crippen molar-refractivity contribution in [3.63, 3.8) is 0 Å². The van der Waals surface area contributed by atoms with E-state index >= 15 is 0 Å². The van der Waals surface area contributed by atoms with Gasteiger partial charge in [-0.3, -0.25) is 0 Å². The highest BCUT2D eigenvalue weighted by atomic mass is 79.9. The standard InChI is InChI=1S/C20H8Br2O2/c21-11-5-9-1-3-13-19-17(9)15(7-11)24-14-4-2-10-6-12(22)8-16(23-13)18(10)20(14)19/h1-8H. The molecule has 2 aliphatic rings. The molecule has 0 spiro atoms. The highest BCUT2D eigenvalue weighted by Gasteiger charge is 2.24. The first-order valence-electron chi connectivity index (χ1n) is 7.58. The van der Waals surface area contributed by atoms with Crippen LogP contribution in [0, 0.1) is 0 Å². The summed E-state index contributed by atoms with van der Waals surface area (Å²) in [7, 11) is 0. The Morgan fingerprint density at radius 1 is 0.542 bits per heavy atom. The molecule has 0 unspecified atom stereocenters. The molecule has 0 N–H and O–H groups in total. The molecule has 24 heavy (non-hydrogen) atoms. The Bertz CT molecular complexity index is 1270. The van der Waals surface area contributed by atoms with Crippen LogP contribution in [0.2, 0.25) is 0 Å². The van der Waals surface area contributed by atoms with Gasteiger partial charge in [-0.25, -0.2) is 0 Å². The van der Waals surface area contributed by atoms with E-state index in [1.165, 1.54) is 0 Å². The Morgan fingerprint density at radius 2 is 1.00 bits per heavy atom. The zero-order chi connectivity index (χ0) is 16.0. The Morgan fingerprint density at radius 3 is 1.46 bits per heavy atom. The monoisotopic (exact) mass is 438 g/mol. The van der Waals surface area contributed by atoms with Crippen molar-refractivity contribution in [3.05, 3.63) is 57.5 Å². The normalized spacial score (nSPS) is 12.6. The van der Waals surface area contributed by atoms with E-state index in [9.17, 15) is 0 Å². The summed E-state index contributed by atoms with van der Waals surface area (Å²) in [6, 6.07) is 16.5. The van der Waals surface area contributed by atoms with E-state index in [-0.39, 0.29) is 0 Å². The second-order valence-electron chi connectivity index (χ2n) is 6.09. The number of hydrogen-bond acceptors (Lipinski definition) is 2. The molecule has 2 heterocycles. The van der Waals surface area contributed by atoms with Crippen LogP contribution >= 0.6 is 31.9 Å². The molecule has 4 heteroatoms. The Balaban J connectivity index is 2.04. The largest absolute Gasteiger partial charge is 0.456 e. The van der Waals surface area contributed by atoms with Crippen molar-refractivity contribution in [3.8, 4) is 11.1 Å². The fourth-order valence-electron chi connectivity index (χ4n) is 3.81. The lowest BCUT2D eigenvalue weighted by Gasteiger charge is -2.19. The summed E-state index contributed by atoms with van der Waals surface area (Å²) < 4.78 is 14.5. The third kappa shape index (κ3) is 1.55. The van der Waals surface area contributed by atoms with Crippen molar-refractivity contribution in [2.75, 3.05) is 0 Å². The minimum Gasteiger partial charge on any atom is -0.456 e. The Hall–Kier alpha value is -2.04. The van der Waals surface area contributed by atoms with Gasteiger partial charge in [0.2, 0.25) is 0 Å². The molecule has 0 amide bonds. The van der Waals surface area contributed by atoms with E-state index < -0.39 is 0 Å².